The zero-order valence-electron chi connectivity index (χ0n) is 10.6. The van der Waals surface area contributed by atoms with E-state index in [0.717, 1.165) is 18.9 Å². The summed E-state index contributed by atoms with van der Waals surface area (Å²) in [5, 5.41) is 5.57. The molecule has 0 bridgehead atoms. The molecule has 4 heteroatoms. The highest BCUT2D eigenvalue weighted by Gasteiger charge is 2.11. The quantitative estimate of drug-likeness (QED) is 0.903. The van der Waals surface area contributed by atoms with E-state index in [4.69, 9.17) is 0 Å². The van der Waals surface area contributed by atoms with Gasteiger partial charge in [0.15, 0.2) is 0 Å². The smallest absolute Gasteiger partial charge is 0.122 e. The topological polar surface area (TPSA) is 29.9 Å². The lowest BCUT2D eigenvalue weighted by molar-refractivity contribution is 0.413. The first-order valence-electron chi connectivity index (χ1n) is 5.82. The fourth-order valence-corrected chi connectivity index (χ4v) is 2.27. The molecule has 0 saturated carbocycles. The van der Waals surface area contributed by atoms with Gasteiger partial charge in [0.05, 0.1) is 13.1 Å². The van der Waals surface area contributed by atoms with Gasteiger partial charge in [-0.3, -0.25) is 0 Å². The van der Waals surface area contributed by atoms with Crippen LogP contribution < -0.4 is 5.32 Å². The Bertz CT molecular complexity index is 451. The average Bonchev–Trinajstić information content (AvgIpc) is 2.86. The van der Waals surface area contributed by atoms with Gasteiger partial charge in [0.2, 0.25) is 0 Å². The number of hydrogen-bond donors (Lipinski definition) is 1. The lowest BCUT2D eigenvalue weighted by Gasteiger charge is -2.20. The highest BCUT2D eigenvalue weighted by Crippen LogP contribution is 2.12. The molecule has 2 aromatic rings. The third-order valence-electron chi connectivity index (χ3n) is 2.48. The van der Waals surface area contributed by atoms with Crippen molar-refractivity contribution in [1.29, 1.82) is 0 Å². The van der Waals surface area contributed by atoms with E-state index in [2.05, 4.69) is 53.2 Å². The van der Waals surface area contributed by atoms with Crippen molar-refractivity contribution in [2.75, 3.05) is 0 Å². The van der Waals surface area contributed by atoms with Gasteiger partial charge in [-0.25, -0.2) is 4.98 Å². The predicted octanol–water partition coefficient (Wildman–Crippen LogP) is 2.88. The number of hydrogen-bond acceptors (Lipinski definition) is 3. The van der Waals surface area contributed by atoms with E-state index in [9.17, 15) is 0 Å². The van der Waals surface area contributed by atoms with Gasteiger partial charge in [-0.1, -0.05) is 6.07 Å². The summed E-state index contributed by atoms with van der Waals surface area (Å²) in [5.41, 5.74) is 0.125. The van der Waals surface area contributed by atoms with Crippen LogP contribution >= 0.6 is 11.3 Å². The van der Waals surface area contributed by atoms with Crippen molar-refractivity contribution in [3.8, 4) is 0 Å². The molecule has 0 aliphatic carbocycles. The van der Waals surface area contributed by atoms with Crippen LogP contribution in [0.25, 0.3) is 0 Å². The fourth-order valence-electron chi connectivity index (χ4n) is 1.57. The molecule has 1 N–H and O–H groups in total. The van der Waals surface area contributed by atoms with Crippen LogP contribution in [0.15, 0.2) is 29.9 Å². The summed E-state index contributed by atoms with van der Waals surface area (Å²) in [6.07, 6.45) is 3.91. The van der Waals surface area contributed by atoms with Crippen LogP contribution in [0, 0.1) is 0 Å². The molecule has 0 amide bonds. The summed E-state index contributed by atoms with van der Waals surface area (Å²) in [7, 11) is 0. The third kappa shape index (κ3) is 3.68. The van der Waals surface area contributed by atoms with Gasteiger partial charge in [-0.2, -0.15) is 0 Å². The second kappa shape index (κ2) is 5.02. The van der Waals surface area contributed by atoms with Crippen molar-refractivity contribution in [1.82, 2.24) is 14.9 Å². The fraction of sp³-hybridized carbons (Fsp3) is 0.462. The molecule has 0 saturated heterocycles. The van der Waals surface area contributed by atoms with Gasteiger partial charge in [-0.15, -0.1) is 11.3 Å². The van der Waals surface area contributed by atoms with Gasteiger partial charge in [-0.05, 0) is 32.2 Å². The zero-order chi connectivity index (χ0) is 12.3. The van der Waals surface area contributed by atoms with Crippen molar-refractivity contribution in [3.63, 3.8) is 0 Å². The molecule has 0 aliphatic rings. The lowest BCUT2D eigenvalue weighted by Crippen LogP contribution is -2.35. The Labute approximate surface area is 107 Å². The molecule has 0 unspecified atom stereocenters. The molecule has 0 aromatic carbocycles. The number of nitrogens with zero attached hydrogens (tertiary/aromatic N) is 2. The summed E-state index contributed by atoms with van der Waals surface area (Å²) in [6, 6.07) is 4.25. The molecule has 0 radical (unpaired) electrons. The number of thiophene rings is 1. The van der Waals surface area contributed by atoms with Crippen LogP contribution in [0.4, 0.5) is 0 Å². The molecule has 17 heavy (non-hydrogen) atoms. The van der Waals surface area contributed by atoms with Crippen molar-refractivity contribution >= 4 is 11.3 Å². The zero-order valence-corrected chi connectivity index (χ0v) is 11.4. The average molecular weight is 249 g/mol. The largest absolute Gasteiger partial charge is 0.329 e. The summed E-state index contributed by atoms with van der Waals surface area (Å²) in [6.45, 7) is 8.22. The minimum atomic E-state index is 0.125. The van der Waals surface area contributed by atoms with Gasteiger partial charge >= 0.3 is 0 Å². The summed E-state index contributed by atoms with van der Waals surface area (Å²) < 4.78 is 2.20. The second-order valence-electron chi connectivity index (χ2n) is 5.15. The summed E-state index contributed by atoms with van der Waals surface area (Å²) >= 11 is 1.78. The van der Waals surface area contributed by atoms with E-state index >= 15 is 0 Å². The van der Waals surface area contributed by atoms with E-state index < -0.39 is 0 Å². The second-order valence-corrected chi connectivity index (χ2v) is 6.19. The molecule has 2 aromatic heterocycles. The van der Waals surface area contributed by atoms with Crippen molar-refractivity contribution in [2.24, 2.45) is 0 Å². The van der Waals surface area contributed by atoms with Crippen LogP contribution in [0.1, 0.15) is 31.5 Å². The Morgan fingerprint density at radius 1 is 1.41 bits per heavy atom. The summed E-state index contributed by atoms with van der Waals surface area (Å²) in [5.74, 6) is 1.09. The standard InChI is InChI=1S/C13H19N3S/c1-13(2,3)15-9-12-14-6-7-16(12)10-11-5-4-8-17-11/h4-8,15H,9-10H2,1-3H3. The number of nitrogens with one attached hydrogen (secondary N) is 1. The monoisotopic (exact) mass is 249 g/mol. The number of imidazole rings is 1. The maximum absolute atomic E-state index is 4.40. The van der Waals surface area contributed by atoms with Crippen LogP contribution in [0.2, 0.25) is 0 Å². The van der Waals surface area contributed by atoms with Gasteiger partial charge in [0.1, 0.15) is 5.82 Å². The van der Waals surface area contributed by atoms with Crippen molar-refractivity contribution < 1.29 is 0 Å². The van der Waals surface area contributed by atoms with Crippen molar-refractivity contribution in [2.45, 2.75) is 39.4 Å². The lowest BCUT2D eigenvalue weighted by atomic mass is 10.1. The molecule has 2 rings (SSSR count). The van der Waals surface area contributed by atoms with Crippen molar-refractivity contribution in [3.05, 3.63) is 40.6 Å². The molecule has 92 valence electrons. The van der Waals surface area contributed by atoms with E-state index in [1.54, 1.807) is 11.3 Å². The Morgan fingerprint density at radius 2 is 2.24 bits per heavy atom. The highest BCUT2D eigenvalue weighted by molar-refractivity contribution is 7.09. The molecule has 3 nitrogen and oxygen atoms in total. The Hall–Kier alpha value is -1.13. The molecule has 0 fully saturated rings. The first-order chi connectivity index (χ1) is 8.04. The minimum absolute atomic E-state index is 0.125. The van der Waals surface area contributed by atoms with Gasteiger partial charge in [0.25, 0.3) is 0 Å². The first kappa shape index (κ1) is 12.3. The van der Waals surface area contributed by atoms with Crippen LogP contribution in [-0.4, -0.2) is 15.1 Å². The van der Waals surface area contributed by atoms with Crippen LogP contribution in [0.3, 0.4) is 0 Å². The third-order valence-corrected chi connectivity index (χ3v) is 3.35. The number of rotatable bonds is 4. The molecular formula is C13H19N3S. The van der Waals surface area contributed by atoms with E-state index in [0.29, 0.717) is 0 Å². The molecular weight excluding hydrogens is 230 g/mol. The number of aromatic nitrogens is 2. The summed E-state index contributed by atoms with van der Waals surface area (Å²) in [4.78, 5) is 5.77. The molecule has 0 aliphatic heterocycles. The Balaban J connectivity index is 2.02. The maximum Gasteiger partial charge on any atom is 0.122 e. The SMILES string of the molecule is CC(C)(C)NCc1nccn1Cc1cccs1. The van der Waals surface area contributed by atoms with Gasteiger partial charge < -0.3 is 9.88 Å². The van der Waals surface area contributed by atoms with E-state index in [1.807, 2.05) is 12.4 Å². The van der Waals surface area contributed by atoms with E-state index in [1.165, 1.54) is 4.88 Å². The van der Waals surface area contributed by atoms with Gasteiger partial charge in [0, 0.05) is 22.8 Å². The normalized spacial score (nSPS) is 11.9. The van der Waals surface area contributed by atoms with E-state index in [-0.39, 0.29) is 5.54 Å². The highest BCUT2D eigenvalue weighted by atomic mass is 32.1. The molecule has 0 spiro atoms. The Morgan fingerprint density at radius 3 is 2.88 bits per heavy atom. The first-order valence-corrected chi connectivity index (χ1v) is 6.70. The predicted molar refractivity (Wildman–Crippen MR) is 72.2 cm³/mol. The molecule has 0 atom stereocenters. The van der Waals surface area contributed by atoms with Crippen LogP contribution in [0.5, 0.6) is 0 Å². The van der Waals surface area contributed by atoms with Crippen LogP contribution in [-0.2, 0) is 13.1 Å². The minimum Gasteiger partial charge on any atom is -0.329 e. The molecule has 2 heterocycles. The Kier molecular flexibility index (Phi) is 3.64. The maximum atomic E-state index is 4.40.